The second-order valence-electron chi connectivity index (χ2n) is 9.66. The summed E-state index contributed by atoms with van der Waals surface area (Å²) in [4.78, 5) is 28.1. The van der Waals surface area contributed by atoms with Crippen LogP contribution in [0.25, 0.3) is 10.9 Å². The Kier molecular flexibility index (Phi) is 6.56. The highest BCUT2D eigenvalue weighted by atomic mass is 19.1. The number of halogens is 2. The standard InChI is InChI=1S/C27H29F2N3O3/c28-20-4-1-3-19(13-20)15-32-24-16-31(12-9-21(24)22-5-2-6-23(29)27(22)32)25(33)17-30-10-7-18(8-11-30)14-26(34)35/h1-6,13,18H,7-12,14-17H2,(H,34,35). The zero-order valence-electron chi connectivity index (χ0n) is 19.6. The molecule has 0 saturated carbocycles. The van der Waals surface area contributed by atoms with Gasteiger partial charge in [0.05, 0.1) is 18.6 Å². The Hall–Kier alpha value is -3.26. The second kappa shape index (κ2) is 9.77. The summed E-state index contributed by atoms with van der Waals surface area (Å²) in [5, 5.41) is 9.86. The Morgan fingerprint density at radius 2 is 1.80 bits per heavy atom. The fourth-order valence-electron chi connectivity index (χ4n) is 5.55. The van der Waals surface area contributed by atoms with E-state index in [0.29, 0.717) is 51.2 Å². The summed E-state index contributed by atoms with van der Waals surface area (Å²) in [6, 6.07) is 11.4. The minimum absolute atomic E-state index is 0.0235. The molecule has 0 bridgehead atoms. The van der Waals surface area contributed by atoms with Crippen molar-refractivity contribution in [2.75, 3.05) is 26.2 Å². The number of aliphatic carboxylic acids is 1. The highest BCUT2D eigenvalue weighted by Gasteiger charge is 2.29. The maximum atomic E-state index is 15.0. The van der Waals surface area contributed by atoms with Crippen LogP contribution in [0.2, 0.25) is 0 Å². The molecule has 2 aliphatic heterocycles. The van der Waals surface area contributed by atoms with E-state index in [1.54, 1.807) is 12.1 Å². The van der Waals surface area contributed by atoms with E-state index in [0.717, 1.165) is 35.0 Å². The molecule has 35 heavy (non-hydrogen) atoms. The van der Waals surface area contributed by atoms with Crippen LogP contribution in [-0.2, 0) is 29.1 Å². The second-order valence-corrected chi connectivity index (χ2v) is 9.66. The van der Waals surface area contributed by atoms with Crippen molar-refractivity contribution in [2.24, 2.45) is 5.92 Å². The lowest BCUT2D eigenvalue weighted by Crippen LogP contribution is -2.45. The Morgan fingerprint density at radius 1 is 1.03 bits per heavy atom. The molecule has 2 aromatic carbocycles. The third kappa shape index (κ3) is 4.93. The molecule has 8 heteroatoms. The van der Waals surface area contributed by atoms with Crippen LogP contribution in [0.15, 0.2) is 42.5 Å². The first kappa shape index (κ1) is 23.5. The molecule has 0 radical (unpaired) electrons. The number of benzene rings is 2. The first-order chi connectivity index (χ1) is 16.9. The topological polar surface area (TPSA) is 65.8 Å². The molecule has 0 aliphatic carbocycles. The minimum atomic E-state index is -0.770. The third-order valence-corrected chi connectivity index (χ3v) is 7.34. The SMILES string of the molecule is O=C(O)CC1CCN(CC(=O)N2CCc3c(n(Cc4cccc(F)c4)c4c(F)cccc34)C2)CC1. The van der Waals surface area contributed by atoms with Gasteiger partial charge in [-0.1, -0.05) is 24.3 Å². The summed E-state index contributed by atoms with van der Waals surface area (Å²) in [5.41, 5.74) is 3.18. The van der Waals surface area contributed by atoms with Gasteiger partial charge in [0.2, 0.25) is 5.91 Å². The number of rotatable bonds is 6. The Labute approximate surface area is 202 Å². The van der Waals surface area contributed by atoms with E-state index in [-0.39, 0.29) is 29.9 Å². The molecule has 0 unspecified atom stereocenters. The smallest absolute Gasteiger partial charge is 0.303 e. The van der Waals surface area contributed by atoms with Crippen LogP contribution >= 0.6 is 0 Å². The number of carboxylic acids is 1. The largest absolute Gasteiger partial charge is 0.481 e. The lowest BCUT2D eigenvalue weighted by molar-refractivity contribution is -0.139. The van der Waals surface area contributed by atoms with Gasteiger partial charge in [-0.25, -0.2) is 8.78 Å². The van der Waals surface area contributed by atoms with Crippen LogP contribution in [0.5, 0.6) is 0 Å². The molecule has 3 aromatic rings. The molecule has 1 saturated heterocycles. The number of amides is 1. The molecule has 5 rings (SSSR count). The number of nitrogens with zero attached hydrogens (tertiary/aromatic N) is 3. The average molecular weight is 482 g/mol. The van der Waals surface area contributed by atoms with E-state index in [1.807, 2.05) is 21.6 Å². The lowest BCUT2D eigenvalue weighted by atomic mass is 9.93. The number of hydrogen-bond acceptors (Lipinski definition) is 3. The number of para-hydroxylation sites is 1. The molecule has 1 fully saturated rings. The van der Waals surface area contributed by atoms with Crippen LogP contribution in [0.4, 0.5) is 8.78 Å². The molecule has 1 N–H and O–H groups in total. The van der Waals surface area contributed by atoms with Crippen molar-refractivity contribution in [1.82, 2.24) is 14.4 Å². The summed E-state index contributed by atoms with van der Waals surface area (Å²) in [5.74, 6) is -1.23. The van der Waals surface area contributed by atoms with Crippen molar-refractivity contribution in [1.29, 1.82) is 0 Å². The number of carboxylic acid groups (broad SMARTS) is 1. The van der Waals surface area contributed by atoms with E-state index >= 15 is 0 Å². The lowest BCUT2D eigenvalue weighted by Gasteiger charge is -2.34. The van der Waals surface area contributed by atoms with Crippen molar-refractivity contribution in [3.8, 4) is 0 Å². The van der Waals surface area contributed by atoms with Crippen LogP contribution < -0.4 is 0 Å². The number of carbonyl (C=O) groups excluding carboxylic acids is 1. The number of hydrogen-bond donors (Lipinski definition) is 1. The average Bonchev–Trinajstić information content (AvgIpc) is 3.14. The zero-order valence-corrected chi connectivity index (χ0v) is 19.6. The van der Waals surface area contributed by atoms with Gasteiger partial charge in [-0.05, 0) is 67.6 Å². The van der Waals surface area contributed by atoms with E-state index in [4.69, 9.17) is 5.11 Å². The summed E-state index contributed by atoms with van der Waals surface area (Å²) >= 11 is 0. The van der Waals surface area contributed by atoms with Crippen molar-refractivity contribution < 1.29 is 23.5 Å². The molecular formula is C27H29F2N3O3. The molecule has 0 atom stereocenters. The van der Waals surface area contributed by atoms with Gasteiger partial charge in [0.25, 0.3) is 0 Å². The number of piperidine rings is 1. The van der Waals surface area contributed by atoms with Gasteiger partial charge in [0, 0.05) is 30.6 Å². The van der Waals surface area contributed by atoms with Gasteiger partial charge in [-0.2, -0.15) is 0 Å². The number of carbonyl (C=O) groups is 2. The molecule has 6 nitrogen and oxygen atoms in total. The highest BCUT2D eigenvalue weighted by molar-refractivity contribution is 5.87. The first-order valence-corrected chi connectivity index (χ1v) is 12.1. The molecule has 1 amide bonds. The monoisotopic (exact) mass is 481 g/mol. The summed E-state index contributed by atoms with van der Waals surface area (Å²) in [6.07, 6.45) is 2.39. The number of aromatic nitrogens is 1. The van der Waals surface area contributed by atoms with Crippen molar-refractivity contribution in [3.05, 3.63) is 70.9 Å². The Morgan fingerprint density at radius 3 is 2.54 bits per heavy atom. The summed E-state index contributed by atoms with van der Waals surface area (Å²) in [6.45, 7) is 3.00. The fourth-order valence-corrected chi connectivity index (χ4v) is 5.55. The van der Waals surface area contributed by atoms with E-state index in [1.165, 1.54) is 18.2 Å². The number of fused-ring (bicyclic) bond motifs is 3. The minimum Gasteiger partial charge on any atom is -0.481 e. The predicted octanol–water partition coefficient (Wildman–Crippen LogP) is 4.04. The van der Waals surface area contributed by atoms with E-state index in [2.05, 4.69) is 4.90 Å². The quantitative estimate of drug-likeness (QED) is 0.577. The van der Waals surface area contributed by atoms with Crippen LogP contribution in [0, 0.1) is 17.6 Å². The molecule has 3 heterocycles. The highest BCUT2D eigenvalue weighted by Crippen LogP contribution is 2.33. The van der Waals surface area contributed by atoms with Crippen molar-refractivity contribution >= 4 is 22.8 Å². The van der Waals surface area contributed by atoms with Crippen LogP contribution in [0.1, 0.15) is 36.1 Å². The maximum Gasteiger partial charge on any atom is 0.303 e. The molecule has 1 aromatic heterocycles. The molecule has 2 aliphatic rings. The summed E-state index contributed by atoms with van der Waals surface area (Å²) < 4.78 is 30.7. The predicted molar refractivity (Wildman–Crippen MR) is 128 cm³/mol. The molecule has 184 valence electrons. The van der Waals surface area contributed by atoms with Crippen molar-refractivity contribution in [3.63, 3.8) is 0 Å². The fraction of sp³-hybridized carbons (Fsp3) is 0.407. The molecule has 0 spiro atoms. The Bertz CT molecular complexity index is 1260. The number of likely N-dealkylation sites (tertiary alicyclic amines) is 1. The molecular weight excluding hydrogens is 452 g/mol. The van der Waals surface area contributed by atoms with Gasteiger partial charge in [-0.15, -0.1) is 0 Å². The van der Waals surface area contributed by atoms with Gasteiger partial charge >= 0.3 is 5.97 Å². The van der Waals surface area contributed by atoms with Crippen LogP contribution in [0.3, 0.4) is 0 Å². The van der Waals surface area contributed by atoms with E-state index in [9.17, 15) is 18.4 Å². The van der Waals surface area contributed by atoms with E-state index < -0.39 is 5.97 Å². The zero-order chi connectivity index (χ0) is 24.5. The Balaban J connectivity index is 1.35. The maximum absolute atomic E-state index is 15.0. The normalized spacial score (nSPS) is 17.0. The summed E-state index contributed by atoms with van der Waals surface area (Å²) in [7, 11) is 0. The first-order valence-electron chi connectivity index (χ1n) is 12.1. The third-order valence-electron chi connectivity index (χ3n) is 7.34. The van der Waals surface area contributed by atoms with Gasteiger partial charge in [0.15, 0.2) is 0 Å². The van der Waals surface area contributed by atoms with Gasteiger partial charge in [-0.3, -0.25) is 14.5 Å². The van der Waals surface area contributed by atoms with Crippen molar-refractivity contribution in [2.45, 2.75) is 38.8 Å². The van der Waals surface area contributed by atoms with Gasteiger partial charge in [0.1, 0.15) is 11.6 Å². The van der Waals surface area contributed by atoms with Crippen LogP contribution in [-0.4, -0.2) is 57.5 Å². The van der Waals surface area contributed by atoms with Gasteiger partial charge < -0.3 is 14.6 Å².